The molecule has 1 aromatic carbocycles. The van der Waals surface area contributed by atoms with Crippen LogP contribution in [0.25, 0.3) is 10.9 Å². The van der Waals surface area contributed by atoms with E-state index in [1.165, 1.54) is 0 Å². The number of fused-ring (bicyclic) bond motifs is 1. The van der Waals surface area contributed by atoms with Gasteiger partial charge in [-0.2, -0.15) is 0 Å². The summed E-state index contributed by atoms with van der Waals surface area (Å²) in [6, 6.07) is 5.77. The zero-order valence-corrected chi connectivity index (χ0v) is 14.8. The number of hydrogen-bond donors (Lipinski definition) is 1. The number of nitrogens with one attached hydrogen (secondary N) is 1. The highest BCUT2D eigenvalue weighted by atomic mass is 35.5. The first kappa shape index (κ1) is 16.3. The Morgan fingerprint density at radius 3 is 2.61 bits per heavy atom. The van der Waals surface area contributed by atoms with Gasteiger partial charge in [-0.15, -0.1) is 0 Å². The molecule has 124 valence electrons. The fraction of sp³-hybridized carbons (Fsp3) is 0.500. The number of nitrogens with zero attached hydrogens (tertiary/aromatic N) is 2. The lowest BCUT2D eigenvalue weighted by atomic mass is 9.82. The minimum atomic E-state index is -0.555. The Hall–Kier alpha value is -1.52. The van der Waals surface area contributed by atoms with Crippen LogP contribution >= 0.6 is 11.6 Å². The first-order valence-electron chi connectivity index (χ1n) is 8.22. The van der Waals surface area contributed by atoms with Crippen LogP contribution in [-0.2, 0) is 10.2 Å². The summed E-state index contributed by atoms with van der Waals surface area (Å²) in [7, 11) is 0. The topological polar surface area (TPSA) is 39.3 Å². The van der Waals surface area contributed by atoms with Crippen LogP contribution in [0, 0.1) is 0 Å². The van der Waals surface area contributed by atoms with Crippen molar-refractivity contribution < 1.29 is 4.79 Å². The van der Waals surface area contributed by atoms with Gasteiger partial charge in [-0.25, -0.2) is 0 Å². The van der Waals surface area contributed by atoms with Gasteiger partial charge in [0.1, 0.15) is 0 Å². The number of piperazine rings is 1. The molecule has 0 saturated carbocycles. The molecule has 1 N–H and O–H groups in total. The Morgan fingerprint density at radius 2 is 1.96 bits per heavy atom. The van der Waals surface area contributed by atoms with E-state index in [2.05, 4.69) is 16.8 Å². The Morgan fingerprint density at radius 1 is 1.26 bits per heavy atom. The molecule has 0 atom stereocenters. The van der Waals surface area contributed by atoms with Crippen LogP contribution in [0.2, 0.25) is 5.02 Å². The number of aromatic amines is 1. The van der Waals surface area contributed by atoms with Gasteiger partial charge < -0.3 is 14.8 Å². The van der Waals surface area contributed by atoms with Gasteiger partial charge in [-0.05, 0) is 38.1 Å². The summed E-state index contributed by atoms with van der Waals surface area (Å²) in [5, 5.41) is 1.77. The Bertz CT molecular complexity index is 714. The third-order valence-electron chi connectivity index (χ3n) is 4.96. The molecule has 1 saturated heterocycles. The Labute approximate surface area is 142 Å². The maximum absolute atomic E-state index is 13.1. The maximum Gasteiger partial charge on any atom is 0.232 e. The quantitative estimate of drug-likeness (QED) is 0.936. The third-order valence-corrected chi connectivity index (χ3v) is 5.19. The van der Waals surface area contributed by atoms with Crippen LogP contribution in [0.4, 0.5) is 0 Å². The lowest BCUT2D eigenvalue weighted by Crippen LogP contribution is -2.53. The number of H-pyrrole nitrogens is 1. The molecule has 0 spiro atoms. The van der Waals surface area contributed by atoms with E-state index in [1.54, 1.807) is 0 Å². The number of halogens is 1. The summed E-state index contributed by atoms with van der Waals surface area (Å²) in [5.41, 5.74) is 1.46. The number of likely N-dealkylation sites (N-methyl/N-ethyl adjacent to an activating group) is 1. The number of carbonyl (C=O) groups excluding carboxylic acids is 1. The molecule has 1 aliphatic rings. The minimum Gasteiger partial charge on any atom is -0.361 e. The van der Waals surface area contributed by atoms with E-state index >= 15 is 0 Å². The average Bonchev–Trinajstić information content (AvgIpc) is 2.97. The number of rotatable bonds is 3. The average molecular weight is 334 g/mol. The van der Waals surface area contributed by atoms with Gasteiger partial charge in [-0.3, -0.25) is 4.79 Å². The highest BCUT2D eigenvalue weighted by Crippen LogP contribution is 2.33. The molecular weight excluding hydrogens is 310 g/mol. The maximum atomic E-state index is 13.1. The highest BCUT2D eigenvalue weighted by molar-refractivity contribution is 6.31. The van der Waals surface area contributed by atoms with Crippen molar-refractivity contribution in [3.05, 3.63) is 35.0 Å². The van der Waals surface area contributed by atoms with E-state index < -0.39 is 5.41 Å². The number of carbonyl (C=O) groups is 1. The SMILES string of the molecule is CCN1CCN(C(=O)C(C)(C)c2c[nH]c3cc(Cl)ccc23)CC1. The number of aromatic nitrogens is 1. The molecule has 1 aromatic heterocycles. The normalized spacial score (nSPS) is 17.0. The third kappa shape index (κ3) is 2.98. The van der Waals surface area contributed by atoms with Gasteiger partial charge in [0.05, 0.1) is 5.41 Å². The molecular formula is C18H24ClN3O. The molecule has 1 aliphatic heterocycles. The van der Waals surface area contributed by atoms with Gasteiger partial charge in [0.15, 0.2) is 0 Å². The number of amides is 1. The lowest BCUT2D eigenvalue weighted by molar-refractivity contribution is -0.138. The molecule has 23 heavy (non-hydrogen) atoms. The monoisotopic (exact) mass is 333 g/mol. The predicted molar refractivity (Wildman–Crippen MR) is 95.0 cm³/mol. The van der Waals surface area contributed by atoms with Crippen molar-refractivity contribution in [3.63, 3.8) is 0 Å². The zero-order valence-electron chi connectivity index (χ0n) is 14.0. The molecule has 2 aromatic rings. The molecule has 0 unspecified atom stereocenters. The van der Waals surface area contributed by atoms with Crippen molar-refractivity contribution in [3.8, 4) is 0 Å². The molecule has 5 heteroatoms. The van der Waals surface area contributed by atoms with Gasteiger partial charge in [0.25, 0.3) is 0 Å². The zero-order chi connectivity index (χ0) is 16.6. The second-order valence-electron chi connectivity index (χ2n) is 6.74. The molecule has 2 heterocycles. The Balaban J connectivity index is 1.86. The molecule has 0 bridgehead atoms. The standard InChI is InChI=1S/C18H24ClN3O/c1-4-21-7-9-22(10-8-21)17(23)18(2,3)15-12-20-16-11-13(19)5-6-14(15)16/h5-6,11-12,20H,4,7-10H2,1-3H3. The fourth-order valence-electron chi connectivity index (χ4n) is 3.39. The van der Waals surface area contributed by atoms with Gasteiger partial charge in [0.2, 0.25) is 5.91 Å². The second-order valence-corrected chi connectivity index (χ2v) is 7.18. The predicted octanol–water partition coefficient (Wildman–Crippen LogP) is 3.26. The smallest absolute Gasteiger partial charge is 0.232 e. The van der Waals surface area contributed by atoms with Crippen molar-refractivity contribution in [1.82, 2.24) is 14.8 Å². The van der Waals surface area contributed by atoms with Crippen molar-refractivity contribution >= 4 is 28.4 Å². The molecule has 1 fully saturated rings. The second kappa shape index (κ2) is 6.17. The summed E-state index contributed by atoms with van der Waals surface area (Å²) in [6.07, 6.45) is 1.95. The van der Waals surface area contributed by atoms with Gasteiger partial charge in [-0.1, -0.05) is 24.6 Å². The number of benzene rings is 1. The Kier molecular flexibility index (Phi) is 4.39. The highest BCUT2D eigenvalue weighted by Gasteiger charge is 2.36. The van der Waals surface area contributed by atoms with E-state index in [0.29, 0.717) is 5.02 Å². The molecule has 1 amide bonds. The molecule has 0 radical (unpaired) electrons. The van der Waals surface area contributed by atoms with E-state index in [4.69, 9.17) is 11.6 Å². The summed E-state index contributed by atoms with van der Waals surface area (Å²) >= 11 is 6.05. The van der Waals surface area contributed by atoms with Gasteiger partial charge in [0, 0.05) is 48.3 Å². The van der Waals surface area contributed by atoms with E-state index in [-0.39, 0.29) is 5.91 Å². The summed E-state index contributed by atoms with van der Waals surface area (Å²) in [5.74, 6) is 0.198. The summed E-state index contributed by atoms with van der Waals surface area (Å²) in [4.78, 5) is 20.7. The van der Waals surface area contributed by atoms with E-state index in [0.717, 1.165) is 49.2 Å². The minimum absolute atomic E-state index is 0.198. The molecule has 0 aliphatic carbocycles. The first-order chi connectivity index (χ1) is 10.9. The first-order valence-corrected chi connectivity index (χ1v) is 8.60. The van der Waals surface area contributed by atoms with Crippen molar-refractivity contribution in [2.75, 3.05) is 32.7 Å². The van der Waals surface area contributed by atoms with Crippen molar-refractivity contribution in [1.29, 1.82) is 0 Å². The van der Waals surface area contributed by atoms with Crippen LogP contribution in [0.1, 0.15) is 26.3 Å². The molecule has 4 nitrogen and oxygen atoms in total. The van der Waals surface area contributed by atoms with Gasteiger partial charge >= 0.3 is 0 Å². The molecule has 3 rings (SSSR count). The van der Waals surface area contributed by atoms with Crippen LogP contribution < -0.4 is 0 Å². The van der Waals surface area contributed by atoms with Crippen LogP contribution in [0.5, 0.6) is 0 Å². The van der Waals surface area contributed by atoms with Crippen molar-refractivity contribution in [2.24, 2.45) is 0 Å². The van der Waals surface area contributed by atoms with Crippen LogP contribution in [0.3, 0.4) is 0 Å². The fourth-order valence-corrected chi connectivity index (χ4v) is 3.57. The van der Waals surface area contributed by atoms with E-state index in [9.17, 15) is 4.79 Å². The summed E-state index contributed by atoms with van der Waals surface area (Å²) in [6.45, 7) is 10.8. The number of hydrogen-bond acceptors (Lipinski definition) is 2. The summed E-state index contributed by atoms with van der Waals surface area (Å²) < 4.78 is 0. The van der Waals surface area contributed by atoms with Crippen LogP contribution in [0.15, 0.2) is 24.4 Å². The largest absolute Gasteiger partial charge is 0.361 e. The van der Waals surface area contributed by atoms with Crippen molar-refractivity contribution in [2.45, 2.75) is 26.2 Å². The lowest BCUT2D eigenvalue weighted by Gasteiger charge is -2.38. The van der Waals surface area contributed by atoms with Crippen LogP contribution in [-0.4, -0.2) is 53.4 Å². The van der Waals surface area contributed by atoms with E-state index in [1.807, 2.05) is 43.1 Å².